The van der Waals surface area contributed by atoms with Crippen LogP contribution in [0.15, 0.2) is 24.3 Å². The molecule has 114 valence electrons. The molecule has 2 unspecified atom stereocenters. The third-order valence-corrected chi connectivity index (χ3v) is 3.69. The Bertz CT molecular complexity index is 547. The predicted octanol–water partition coefficient (Wildman–Crippen LogP) is 1.81. The largest absolute Gasteiger partial charge is 0.481 e. The van der Waals surface area contributed by atoms with Crippen LogP contribution in [-0.2, 0) is 14.9 Å². The Labute approximate surface area is 124 Å². The van der Waals surface area contributed by atoms with Crippen molar-refractivity contribution < 1.29 is 19.4 Å². The lowest BCUT2D eigenvalue weighted by molar-refractivity contribution is -0.142. The third kappa shape index (κ3) is 3.42. The maximum atomic E-state index is 12.5. The standard InChI is InChI=1S/C16H21NO4/c1-16(2,3)12-7-5-4-6-10(12)14(18)17-13-9-21-8-11(13)15(19)20/h4-7,11,13H,8-9H2,1-3H3,(H,17,18)(H,19,20). The maximum Gasteiger partial charge on any atom is 0.311 e. The SMILES string of the molecule is CC(C)(C)c1ccccc1C(=O)NC1COCC1C(=O)O. The molecule has 1 aliphatic rings. The van der Waals surface area contributed by atoms with Crippen LogP contribution in [0.5, 0.6) is 0 Å². The highest BCUT2D eigenvalue weighted by Crippen LogP contribution is 2.26. The van der Waals surface area contributed by atoms with Gasteiger partial charge in [0, 0.05) is 5.56 Å². The van der Waals surface area contributed by atoms with Gasteiger partial charge >= 0.3 is 5.97 Å². The molecule has 2 rings (SSSR count). The van der Waals surface area contributed by atoms with Crippen LogP contribution < -0.4 is 5.32 Å². The number of hydrogen-bond acceptors (Lipinski definition) is 3. The van der Waals surface area contributed by atoms with Gasteiger partial charge in [-0.15, -0.1) is 0 Å². The van der Waals surface area contributed by atoms with E-state index in [0.29, 0.717) is 5.56 Å². The van der Waals surface area contributed by atoms with Crippen molar-refractivity contribution >= 4 is 11.9 Å². The van der Waals surface area contributed by atoms with Crippen molar-refractivity contribution in [3.05, 3.63) is 35.4 Å². The monoisotopic (exact) mass is 291 g/mol. The van der Waals surface area contributed by atoms with E-state index in [9.17, 15) is 9.59 Å². The Morgan fingerprint density at radius 1 is 1.24 bits per heavy atom. The zero-order valence-electron chi connectivity index (χ0n) is 12.6. The molecule has 1 aliphatic heterocycles. The van der Waals surface area contributed by atoms with Crippen molar-refractivity contribution in [1.82, 2.24) is 5.32 Å². The zero-order valence-corrected chi connectivity index (χ0v) is 12.6. The van der Waals surface area contributed by atoms with Crippen LogP contribution in [0.25, 0.3) is 0 Å². The fraction of sp³-hybridized carbons (Fsp3) is 0.500. The van der Waals surface area contributed by atoms with E-state index in [1.165, 1.54) is 0 Å². The molecule has 0 aromatic heterocycles. The summed E-state index contributed by atoms with van der Waals surface area (Å²) in [4.78, 5) is 23.6. The molecule has 1 fully saturated rings. The quantitative estimate of drug-likeness (QED) is 0.890. The van der Waals surface area contributed by atoms with Crippen molar-refractivity contribution in [2.24, 2.45) is 5.92 Å². The van der Waals surface area contributed by atoms with Crippen molar-refractivity contribution in [2.45, 2.75) is 32.2 Å². The molecule has 2 N–H and O–H groups in total. The summed E-state index contributed by atoms with van der Waals surface area (Å²) in [5.41, 5.74) is 1.36. The molecule has 1 aromatic rings. The van der Waals surface area contributed by atoms with E-state index in [-0.39, 0.29) is 24.5 Å². The second kappa shape index (κ2) is 5.85. The first kappa shape index (κ1) is 15.5. The molecular weight excluding hydrogens is 270 g/mol. The Balaban J connectivity index is 2.20. The topological polar surface area (TPSA) is 75.6 Å². The molecule has 5 heteroatoms. The lowest BCUT2D eigenvalue weighted by Gasteiger charge is -2.23. The first-order valence-corrected chi connectivity index (χ1v) is 7.01. The number of ether oxygens (including phenoxy) is 1. The summed E-state index contributed by atoms with van der Waals surface area (Å²) in [5.74, 6) is -1.88. The minimum atomic E-state index is -0.943. The van der Waals surface area contributed by atoms with Gasteiger partial charge in [0.2, 0.25) is 0 Å². The number of carbonyl (C=O) groups excluding carboxylic acids is 1. The zero-order chi connectivity index (χ0) is 15.6. The summed E-state index contributed by atoms with van der Waals surface area (Å²) >= 11 is 0. The minimum absolute atomic E-state index is 0.140. The van der Waals surface area contributed by atoms with Gasteiger partial charge in [-0.3, -0.25) is 9.59 Å². The lowest BCUT2D eigenvalue weighted by Crippen LogP contribution is -2.43. The van der Waals surface area contributed by atoms with Crippen LogP contribution in [0.3, 0.4) is 0 Å². The van der Waals surface area contributed by atoms with Crippen LogP contribution in [0, 0.1) is 5.92 Å². The number of carboxylic acid groups (broad SMARTS) is 1. The van der Waals surface area contributed by atoms with E-state index >= 15 is 0 Å². The summed E-state index contributed by atoms with van der Waals surface area (Å²) in [6, 6.07) is 6.92. The fourth-order valence-electron chi connectivity index (χ4n) is 2.52. The average molecular weight is 291 g/mol. The third-order valence-electron chi connectivity index (χ3n) is 3.69. The van der Waals surface area contributed by atoms with E-state index < -0.39 is 17.9 Å². The number of carbonyl (C=O) groups is 2. The van der Waals surface area contributed by atoms with E-state index in [2.05, 4.69) is 5.32 Å². The van der Waals surface area contributed by atoms with Crippen molar-refractivity contribution in [3.63, 3.8) is 0 Å². The van der Waals surface area contributed by atoms with E-state index in [4.69, 9.17) is 9.84 Å². The van der Waals surface area contributed by atoms with E-state index in [1.54, 1.807) is 6.07 Å². The highest BCUT2D eigenvalue weighted by atomic mass is 16.5. The lowest BCUT2D eigenvalue weighted by atomic mass is 9.83. The number of rotatable bonds is 3. The van der Waals surface area contributed by atoms with Gasteiger partial charge < -0.3 is 15.2 Å². The number of carboxylic acids is 1. The smallest absolute Gasteiger partial charge is 0.311 e. The number of nitrogens with one attached hydrogen (secondary N) is 1. The first-order chi connectivity index (χ1) is 9.80. The van der Waals surface area contributed by atoms with E-state index in [0.717, 1.165) is 5.56 Å². The first-order valence-electron chi connectivity index (χ1n) is 7.01. The molecule has 0 radical (unpaired) electrons. The molecule has 1 amide bonds. The van der Waals surface area contributed by atoms with Crippen molar-refractivity contribution in [3.8, 4) is 0 Å². The summed E-state index contributed by atoms with van der Waals surface area (Å²) in [7, 11) is 0. The summed E-state index contributed by atoms with van der Waals surface area (Å²) in [6.45, 7) is 6.50. The Morgan fingerprint density at radius 2 is 1.90 bits per heavy atom. The van der Waals surface area contributed by atoms with Crippen LogP contribution in [-0.4, -0.2) is 36.2 Å². The molecule has 0 bridgehead atoms. The summed E-state index contributed by atoms with van der Waals surface area (Å²) in [6.07, 6.45) is 0. The Morgan fingerprint density at radius 3 is 2.52 bits per heavy atom. The van der Waals surface area contributed by atoms with Gasteiger partial charge in [-0.1, -0.05) is 39.0 Å². The number of aliphatic carboxylic acids is 1. The molecule has 0 aliphatic carbocycles. The van der Waals surface area contributed by atoms with Gasteiger partial charge in [-0.2, -0.15) is 0 Å². The molecule has 2 atom stereocenters. The molecule has 1 aromatic carbocycles. The average Bonchev–Trinajstić information content (AvgIpc) is 2.86. The molecule has 5 nitrogen and oxygen atoms in total. The number of amides is 1. The van der Waals surface area contributed by atoms with Crippen molar-refractivity contribution in [2.75, 3.05) is 13.2 Å². The minimum Gasteiger partial charge on any atom is -0.481 e. The molecule has 1 saturated heterocycles. The normalized spacial score (nSPS) is 22.0. The van der Waals surface area contributed by atoms with E-state index in [1.807, 2.05) is 39.0 Å². The van der Waals surface area contributed by atoms with Gasteiger partial charge in [0.05, 0.1) is 19.3 Å². The van der Waals surface area contributed by atoms with Gasteiger partial charge in [0.15, 0.2) is 0 Å². The predicted molar refractivity (Wildman–Crippen MR) is 78.3 cm³/mol. The molecule has 21 heavy (non-hydrogen) atoms. The molecular formula is C16H21NO4. The summed E-state index contributed by atoms with van der Waals surface area (Å²) in [5, 5.41) is 11.9. The van der Waals surface area contributed by atoms with Gasteiger partial charge in [-0.25, -0.2) is 0 Å². The number of hydrogen-bond donors (Lipinski definition) is 2. The van der Waals surface area contributed by atoms with Crippen LogP contribution in [0.1, 0.15) is 36.7 Å². The van der Waals surface area contributed by atoms with Crippen LogP contribution in [0.4, 0.5) is 0 Å². The maximum absolute atomic E-state index is 12.5. The second-order valence-electron chi connectivity index (χ2n) is 6.36. The fourth-order valence-corrected chi connectivity index (χ4v) is 2.52. The highest BCUT2D eigenvalue weighted by molar-refractivity contribution is 5.96. The van der Waals surface area contributed by atoms with Crippen LogP contribution in [0.2, 0.25) is 0 Å². The number of benzene rings is 1. The summed E-state index contributed by atoms with van der Waals surface area (Å²) < 4.78 is 5.17. The second-order valence-corrected chi connectivity index (χ2v) is 6.36. The van der Waals surface area contributed by atoms with Gasteiger partial charge in [-0.05, 0) is 17.0 Å². The van der Waals surface area contributed by atoms with Crippen molar-refractivity contribution in [1.29, 1.82) is 0 Å². The molecule has 1 heterocycles. The van der Waals surface area contributed by atoms with Gasteiger partial charge in [0.25, 0.3) is 5.91 Å². The Hall–Kier alpha value is -1.88. The Kier molecular flexibility index (Phi) is 4.32. The molecule has 0 saturated carbocycles. The van der Waals surface area contributed by atoms with Gasteiger partial charge in [0.1, 0.15) is 5.92 Å². The highest BCUT2D eigenvalue weighted by Gasteiger charge is 2.35. The van der Waals surface area contributed by atoms with Crippen LogP contribution >= 0.6 is 0 Å². The molecule has 0 spiro atoms.